The predicted molar refractivity (Wildman–Crippen MR) is 162 cm³/mol. The molecule has 0 aliphatic carbocycles. The van der Waals surface area contributed by atoms with Crippen molar-refractivity contribution in [1.29, 1.82) is 0 Å². The number of halogens is 1. The summed E-state index contributed by atoms with van der Waals surface area (Å²) < 4.78 is 16.7. The maximum atomic E-state index is 12.9. The number of carbonyl (C=O) groups excluding carboxylic acids is 3. The van der Waals surface area contributed by atoms with Crippen LogP contribution < -0.4 is 9.80 Å². The van der Waals surface area contributed by atoms with Crippen LogP contribution in [0.5, 0.6) is 0 Å². The van der Waals surface area contributed by atoms with E-state index in [1.807, 2.05) is 70.5 Å². The molecule has 0 bridgehead atoms. The van der Waals surface area contributed by atoms with E-state index >= 15 is 0 Å². The lowest BCUT2D eigenvalue weighted by molar-refractivity contribution is 0.00610. The highest BCUT2D eigenvalue weighted by atomic mass is 79.9. The van der Waals surface area contributed by atoms with E-state index in [2.05, 4.69) is 27.0 Å². The second kappa shape index (κ2) is 12.7. The van der Waals surface area contributed by atoms with E-state index in [0.717, 1.165) is 16.8 Å². The average molecular weight is 634 g/mol. The van der Waals surface area contributed by atoms with Gasteiger partial charge >= 0.3 is 18.0 Å². The van der Waals surface area contributed by atoms with E-state index < -0.39 is 23.1 Å². The number of pyridine rings is 1. The number of methoxy groups -OCH3 is 1. The van der Waals surface area contributed by atoms with Gasteiger partial charge in [0.1, 0.15) is 17.0 Å². The summed E-state index contributed by atoms with van der Waals surface area (Å²) in [6, 6.07) is 7.52. The van der Waals surface area contributed by atoms with Gasteiger partial charge in [0.25, 0.3) is 0 Å². The van der Waals surface area contributed by atoms with Crippen LogP contribution in [0, 0.1) is 0 Å². The first kappa shape index (κ1) is 32.2. The van der Waals surface area contributed by atoms with Crippen LogP contribution in [0.15, 0.2) is 28.7 Å². The van der Waals surface area contributed by atoms with Gasteiger partial charge in [0.15, 0.2) is 5.69 Å². The van der Waals surface area contributed by atoms with Gasteiger partial charge in [0.2, 0.25) is 0 Å². The van der Waals surface area contributed by atoms with Gasteiger partial charge in [-0.3, -0.25) is 0 Å². The van der Waals surface area contributed by atoms with Gasteiger partial charge in [-0.25, -0.2) is 19.4 Å². The number of rotatable bonds is 7. The molecule has 0 N–H and O–H groups in total. The fraction of sp³-hybridized carbons (Fsp3) is 0.533. The summed E-state index contributed by atoms with van der Waals surface area (Å²) in [6.45, 7) is 13.0. The standard InChI is InChI=1S/C30H41BrN4O6/c1-29(2,3)40-27(37)25-23(31)10-11-24(32-25)35-13-12-19-16-20(17-21(22(19)18-35)26(36)39-9)33(7)14-15-34(8)28(38)41-30(4,5)6/h10-11,16-17H,12-15,18H2,1-9H3. The van der Waals surface area contributed by atoms with Gasteiger partial charge in [-0.2, -0.15) is 0 Å². The quantitative estimate of drug-likeness (QED) is 0.291. The number of amides is 1. The summed E-state index contributed by atoms with van der Waals surface area (Å²) >= 11 is 3.42. The summed E-state index contributed by atoms with van der Waals surface area (Å²) in [5, 5.41) is 0. The predicted octanol–water partition coefficient (Wildman–Crippen LogP) is 5.45. The number of hydrogen-bond donors (Lipinski definition) is 0. The van der Waals surface area contributed by atoms with E-state index in [1.54, 1.807) is 13.1 Å². The molecule has 224 valence electrons. The van der Waals surface area contributed by atoms with Gasteiger partial charge in [0, 0.05) is 46.0 Å². The van der Waals surface area contributed by atoms with Gasteiger partial charge in [0.05, 0.1) is 17.1 Å². The Kier molecular flexibility index (Phi) is 9.94. The SMILES string of the molecule is COC(=O)c1cc(N(C)CCN(C)C(=O)OC(C)(C)C)cc2c1CN(c1ccc(Br)c(C(=O)OC(C)(C)C)n1)CC2. The number of likely N-dealkylation sites (N-methyl/N-ethyl adjacent to an activating group) is 2. The summed E-state index contributed by atoms with van der Waals surface area (Å²) in [5.41, 5.74) is 2.20. The first-order chi connectivity index (χ1) is 19.0. The van der Waals surface area contributed by atoms with Crippen LogP contribution in [-0.4, -0.2) is 80.0 Å². The molecule has 3 rings (SSSR count). The molecule has 0 unspecified atom stereocenters. The van der Waals surface area contributed by atoms with Crippen LogP contribution in [0.2, 0.25) is 0 Å². The van der Waals surface area contributed by atoms with Crippen LogP contribution in [0.3, 0.4) is 0 Å². The van der Waals surface area contributed by atoms with Crippen molar-refractivity contribution in [2.24, 2.45) is 0 Å². The maximum Gasteiger partial charge on any atom is 0.410 e. The van der Waals surface area contributed by atoms with E-state index in [1.165, 1.54) is 12.0 Å². The summed E-state index contributed by atoms with van der Waals surface area (Å²) in [4.78, 5) is 48.2. The number of aromatic nitrogens is 1. The van der Waals surface area contributed by atoms with Crippen LogP contribution in [-0.2, 0) is 27.2 Å². The Hall–Kier alpha value is -3.34. The monoisotopic (exact) mass is 632 g/mol. The Balaban J connectivity index is 1.83. The van der Waals surface area contributed by atoms with Gasteiger partial charge in [-0.05, 0) is 99.3 Å². The zero-order valence-corrected chi connectivity index (χ0v) is 27.0. The minimum atomic E-state index is -0.649. The molecular weight excluding hydrogens is 592 g/mol. The van der Waals surface area contributed by atoms with Crippen LogP contribution >= 0.6 is 15.9 Å². The third-order valence-corrected chi connectivity index (χ3v) is 7.04. The number of carbonyl (C=O) groups is 3. The molecule has 0 saturated heterocycles. The molecule has 2 heterocycles. The Morgan fingerprint density at radius 2 is 1.63 bits per heavy atom. The van der Waals surface area contributed by atoms with Crippen molar-refractivity contribution >= 4 is 45.5 Å². The molecule has 1 aliphatic heterocycles. The smallest absolute Gasteiger partial charge is 0.410 e. The molecule has 10 nitrogen and oxygen atoms in total. The van der Waals surface area contributed by atoms with Crippen molar-refractivity contribution in [3.63, 3.8) is 0 Å². The Labute approximate surface area is 251 Å². The summed E-state index contributed by atoms with van der Waals surface area (Å²) in [5.74, 6) is -0.326. The molecule has 1 aromatic carbocycles. The van der Waals surface area contributed by atoms with Crippen molar-refractivity contribution in [2.75, 3.05) is 50.6 Å². The van der Waals surface area contributed by atoms with Crippen molar-refractivity contribution < 1.29 is 28.6 Å². The van der Waals surface area contributed by atoms with Gasteiger partial charge in [-0.1, -0.05) is 0 Å². The minimum Gasteiger partial charge on any atom is -0.465 e. The summed E-state index contributed by atoms with van der Waals surface area (Å²) in [7, 11) is 4.99. The zero-order chi connectivity index (χ0) is 30.7. The van der Waals surface area contributed by atoms with Gasteiger partial charge in [-0.15, -0.1) is 0 Å². The molecule has 0 saturated carbocycles. The first-order valence-electron chi connectivity index (χ1n) is 13.5. The van der Waals surface area contributed by atoms with E-state index in [-0.39, 0.29) is 11.8 Å². The molecule has 0 radical (unpaired) electrons. The molecular formula is C30H41BrN4O6. The van der Waals surface area contributed by atoms with E-state index in [0.29, 0.717) is 48.5 Å². The van der Waals surface area contributed by atoms with Crippen LogP contribution in [0.4, 0.5) is 16.3 Å². The fourth-order valence-corrected chi connectivity index (χ4v) is 4.68. The lowest BCUT2D eigenvalue weighted by Crippen LogP contribution is -2.38. The highest BCUT2D eigenvalue weighted by Gasteiger charge is 2.27. The third-order valence-electron chi connectivity index (χ3n) is 6.40. The van der Waals surface area contributed by atoms with Crippen LogP contribution in [0.1, 0.15) is 73.5 Å². The Morgan fingerprint density at radius 1 is 0.976 bits per heavy atom. The fourth-order valence-electron chi connectivity index (χ4n) is 4.30. The zero-order valence-electron chi connectivity index (χ0n) is 25.5. The molecule has 1 amide bonds. The maximum absolute atomic E-state index is 12.9. The Morgan fingerprint density at radius 3 is 2.24 bits per heavy atom. The van der Waals surface area contributed by atoms with E-state index in [9.17, 15) is 14.4 Å². The van der Waals surface area contributed by atoms with Crippen molar-refractivity contribution in [1.82, 2.24) is 9.88 Å². The number of fused-ring (bicyclic) bond motifs is 1. The van der Waals surface area contributed by atoms with Crippen LogP contribution in [0.25, 0.3) is 0 Å². The third kappa shape index (κ3) is 8.58. The number of nitrogens with zero attached hydrogens (tertiary/aromatic N) is 4. The average Bonchev–Trinajstić information content (AvgIpc) is 2.88. The highest BCUT2D eigenvalue weighted by Crippen LogP contribution is 2.32. The largest absolute Gasteiger partial charge is 0.465 e. The Bertz CT molecular complexity index is 1300. The minimum absolute atomic E-state index is 0.199. The number of anilines is 2. The molecule has 41 heavy (non-hydrogen) atoms. The topological polar surface area (TPSA) is 102 Å². The molecule has 0 fully saturated rings. The first-order valence-corrected chi connectivity index (χ1v) is 14.3. The highest BCUT2D eigenvalue weighted by molar-refractivity contribution is 9.10. The lowest BCUT2D eigenvalue weighted by Gasteiger charge is -2.33. The van der Waals surface area contributed by atoms with E-state index in [4.69, 9.17) is 14.2 Å². The van der Waals surface area contributed by atoms with Gasteiger partial charge < -0.3 is 28.9 Å². The molecule has 0 spiro atoms. The number of esters is 2. The normalized spacial score (nSPS) is 13.3. The molecule has 2 aromatic rings. The van der Waals surface area contributed by atoms with Crippen molar-refractivity contribution in [2.45, 2.75) is 65.7 Å². The summed E-state index contributed by atoms with van der Waals surface area (Å²) in [6.07, 6.45) is 0.279. The second-order valence-corrected chi connectivity index (χ2v) is 13.0. The molecule has 1 aromatic heterocycles. The number of benzene rings is 1. The lowest BCUT2D eigenvalue weighted by atomic mass is 9.93. The van der Waals surface area contributed by atoms with Crippen molar-refractivity contribution in [3.8, 4) is 0 Å². The molecule has 0 atom stereocenters. The van der Waals surface area contributed by atoms with Crippen molar-refractivity contribution in [3.05, 3.63) is 51.1 Å². The number of ether oxygens (including phenoxy) is 3. The molecule has 11 heteroatoms. The molecule has 1 aliphatic rings. The second-order valence-electron chi connectivity index (χ2n) is 12.1. The number of hydrogen-bond acceptors (Lipinski definition) is 9.